The van der Waals surface area contributed by atoms with E-state index in [4.69, 9.17) is 0 Å². The number of carbonyl (C=O) groups excluding carboxylic acids is 1. The average Bonchev–Trinajstić information content (AvgIpc) is 2.67. The molecule has 28 heavy (non-hydrogen) atoms. The number of benzene rings is 1. The summed E-state index contributed by atoms with van der Waals surface area (Å²) in [5, 5.41) is 6.63. The molecule has 0 saturated carbocycles. The standard InChI is InChI=1S/C21H29N5O.HI/c1-16-8-9-18(15-25-16)11-13-24-21(22-2)23-12-10-17-6-5-7-19(14-17)20(27)26(3)4;/h5-9,14-15H,10-13H2,1-4H3,(H2,22,23,24);1H. The highest BCUT2D eigenvalue weighted by molar-refractivity contribution is 14.0. The molecule has 1 aromatic heterocycles. The molecule has 2 N–H and O–H groups in total. The molecule has 152 valence electrons. The minimum Gasteiger partial charge on any atom is -0.356 e. The van der Waals surface area contributed by atoms with Crippen LogP contribution in [0.15, 0.2) is 47.6 Å². The van der Waals surface area contributed by atoms with Gasteiger partial charge in [-0.15, -0.1) is 24.0 Å². The number of hydrogen-bond acceptors (Lipinski definition) is 3. The monoisotopic (exact) mass is 495 g/mol. The minimum absolute atomic E-state index is 0. The summed E-state index contributed by atoms with van der Waals surface area (Å²) in [6.45, 7) is 3.52. The van der Waals surface area contributed by atoms with Crippen molar-refractivity contribution in [3.8, 4) is 0 Å². The van der Waals surface area contributed by atoms with E-state index in [1.54, 1.807) is 26.0 Å². The lowest BCUT2D eigenvalue weighted by Gasteiger charge is -2.13. The van der Waals surface area contributed by atoms with E-state index in [2.05, 4.69) is 26.7 Å². The maximum Gasteiger partial charge on any atom is 0.253 e. The molecule has 1 heterocycles. The third kappa shape index (κ3) is 7.84. The molecule has 0 saturated heterocycles. The molecule has 0 bridgehead atoms. The second-order valence-corrected chi connectivity index (χ2v) is 6.63. The van der Waals surface area contributed by atoms with E-state index in [1.165, 1.54) is 5.56 Å². The summed E-state index contributed by atoms with van der Waals surface area (Å²) in [5.74, 6) is 0.795. The number of rotatable bonds is 7. The Kier molecular flexibility index (Phi) is 10.5. The van der Waals surface area contributed by atoms with E-state index in [-0.39, 0.29) is 29.9 Å². The van der Waals surface area contributed by atoms with Crippen molar-refractivity contribution in [1.29, 1.82) is 0 Å². The summed E-state index contributed by atoms with van der Waals surface area (Å²) >= 11 is 0. The fraction of sp³-hybridized carbons (Fsp3) is 0.381. The maximum atomic E-state index is 12.1. The Morgan fingerprint density at radius 3 is 2.32 bits per heavy atom. The van der Waals surface area contributed by atoms with Crippen molar-refractivity contribution < 1.29 is 4.79 Å². The number of nitrogens with one attached hydrogen (secondary N) is 2. The zero-order chi connectivity index (χ0) is 19.6. The third-order valence-corrected chi connectivity index (χ3v) is 4.19. The van der Waals surface area contributed by atoms with Gasteiger partial charge in [-0.2, -0.15) is 0 Å². The molecule has 0 radical (unpaired) electrons. The summed E-state index contributed by atoms with van der Waals surface area (Å²) < 4.78 is 0. The number of aryl methyl sites for hydroxylation is 1. The lowest BCUT2D eigenvalue weighted by molar-refractivity contribution is 0.0827. The fourth-order valence-corrected chi connectivity index (χ4v) is 2.64. The van der Waals surface area contributed by atoms with Crippen LogP contribution in [0.3, 0.4) is 0 Å². The van der Waals surface area contributed by atoms with E-state index in [9.17, 15) is 4.79 Å². The topological polar surface area (TPSA) is 69.6 Å². The molecule has 0 aliphatic rings. The second-order valence-electron chi connectivity index (χ2n) is 6.63. The molecule has 2 rings (SSSR count). The number of hydrogen-bond donors (Lipinski definition) is 2. The van der Waals surface area contributed by atoms with Crippen LogP contribution in [0.25, 0.3) is 0 Å². The average molecular weight is 495 g/mol. The fourth-order valence-electron chi connectivity index (χ4n) is 2.64. The molecule has 0 unspecified atom stereocenters. The summed E-state index contributed by atoms with van der Waals surface area (Å²) in [4.78, 5) is 22.2. The molecule has 2 aromatic rings. The number of pyridine rings is 1. The van der Waals surface area contributed by atoms with Crippen molar-refractivity contribution in [1.82, 2.24) is 20.5 Å². The smallest absolute Gasteiger partial charge is 0.253 e. The van der Waals surface area contributed by atoms with Gasteiger partial charge >= 0.3 is 0 Å². The number of guanidine groups is 1. The number of halogens is 1. The lowest BCUT2D eigenvalue weighted by Crippen LogP contribution is -2.39. The predicted octanol–water partition coefficient (Wildman–Crippen LogP) is 2.66. The second kappa shape index (κ2) is 12.3. The van der Waals surface area contributed by atoms with Gasteiger partial charge in [-0.1, -0.05) is 18.2 Å². The zero-order valence-electron chi connectivity index (χ0n) is 17.0. The Balaban J connectivity index is 0.00000392. The Bertz CT molecular complexity index is 775. The van der Waals surface area contributed by atoms with Crippen molar-refractivity contribution in [2.24, 2.45) is 4.99 Å². The quantitative estimate of drug-likeness (QED) is 0.352. The van der Waals surface area contributed by atoms with Crippen LogP contribution >= 0.6 is 24.0 Å². The highest BCUT2D eigenvalue weighted by Gasteiger charge is 2.08. The molecule has 0 fully saturated rings. The first-order chi connectivity index (χ1) is 13.0. The van der Waals surface area contributed by atoms with Crippen molar-refractivity contribution >= 4 is 35.8 Å². The molecule has 7 heteroatoms. The number of nitrogens with zero attached hydrogens (tertiary/aromatic N) is 3. The van der Waals surface area contributed by atoms with Crippen LogP contribution in [0.2, 0.25) is 0 Å². The molecule has 0 atom stereocenters. The van der Waals surface area contributed by atoms with Gasteiger partial charge in [0.2, 0.25) is 0 Å². The van der Waals surface area contributed by atoms with Gasteiger partial charge in [-0.3, -0.25) is 14.8 Å². The number of aromatic nitrogens is 1. The van der Waals surface area contributed by atoms with Gasteiger partial charge in [0, 0.05) is 51.7 Å². The van der Waals surface area contributed by atoms with Crippen LogP contribution in [-0.2, 0) is 12.8 Å². The molecule has 0 aliphatic heterocycles. The van der Waals surface area contributed by atoms with E-state index in [0.717, 1.165) is 43.1 Å². The molecular weight excluding hydrogens is 465 g/mol. The highest BCUT2D eigenvalue weighted by Crippen LogP contribution is 2.07. The van der Waals surface area contributed by atoms with Crippen molar-refractivity contribution in [3.05, 3.63) is 65.0 Å². The molecule has 1 amide bonds. The first-order valence-electron chi connectivity index (χ1n) is 9.16. The van der Waals surface area contributed by atoms with Crippen LogP contribution in [-0.4, -0.2) is 56.0 Å². The molecular formula is C21H30IN5O. The van der Waals surface area contributed by atoms with Gasteiger partial charge in [0.1, 0.15) is 0 Å². The van der Waals surface area contributed by atoms with Crippen LogP contribution in [0.5, 0.6) is 0 Å². The maximum absolute atomic E-state index is 12.1. The van der Waals surface area contributed by atoms with Gasteiger partial charge in [-0.05, 0) is 49.1 Å². The highest BCUT2D eigenvalue weighted by atomic mass is 127. The van der Waals surface area contributed by atoms with Crippen molar-refractivity contribution in [3.63, 3.8) is 0 Å². The zero-order valence-corrected chi connectivity index (χ0v) is 19.4. The number of carbonyl (C=O) groups is 1. The van der Waals surface area contributed by atoms with Crippen LogP contribution in [0.4, 0.5) is 0 Å². The van der Waals surface area contributed by atoms with Gasteiger partial charge in [0.05, 0.1) is 0 Å². The molecule has 0 aliphatic carbocycles. The van der Waals surface area contributed by atoms with E-state index >= 15 is 0 Å². The summed E-state index contributed by atoms with van der Waals surface area (Å²) in [6.07, 6.45) is 3.62. The first kappa shape index (κ1) is 23.9. The Hall–Kier alpha value is -2.16. The lowest BCUT2D eigenvalue weighted by atomic mass is 10.1. The van der Waals surface area contributed by atoms with Gasteiger partial charge in [-0.25, -0.2) is 0 Å². The van der Waals surface area contributed by atoms with Gasteiger partial charge < -0.3 is 15.5 Å². The van der Waals surface area contributed by atoms with E-state index in [0.29, 0.717) is 5.56 Å². The van der Waals surface area contributed by atoms with Gasteiger partial charge in [0.25, 0.3) is 5.91 Å². The minimum atomic E-state index is 0. The first-order valence-corrected chi connectivity index (χ1v) is 9.16. The van der Waals surface area contributed by atoms with Crippen LogP contribution in [0, 0.1) is 6.92 Å². The number of aliphatic imine (C=N–C) groups is 1. The summed E-state index contributed by atoms with van der Waals surface area (Å²) in [7, 11) is 5.29. The summed E-state index contributed by atoms with van der Waals surface area (Å²) in [6, 6.07) is 11.9. The van der Waals surface area contributed by atoms with Crippen LogP contribution in [0.1, 0.15) is 27.2 Å². The molecule has 6 nitrogen and oxygen atoms in total. The van der Waals surface area contributed by atoms with E-state index in [1.807, 2.05) is 43.5 Å². The Morgan fingerprint density at radius 2 is 1.75 bits per heavy atom. The normalized spacial score (nSPS) is 10.8. The van der Waals surface area contributed by atoms with Crippen molar-refractivity contribution in [2.75, 3.05) is 34.2 Å². The largest absolute Gasteiger partial charge is 0.356 e. The van der Waals surface area contributed by atoms with Crippen LogP contribution < -0.4 is 10.6 Å². The summed E-state index contributed by atoms with van der Waals surface area (Å²) in [5.41, 5.74) is 4.06. The SMILES string of the molecule is CN=C(NCCc1ccc(C)nc1)NCCc1cccc(C(=O)N(C)C)c1.I. The molecule has 1 aromatic carbocycles. The van der Waals surface area contributed by atoms with Gasteiger partial charge in [0.15, 0.2) is 5.96 Å². The predicted molar refractivity (Wildman–Crippen MR) is 126 cm³/mol. The van der Waals surface area contributed by atoms with Crippen molar-refractivity contribution in [2.45, 2.75) is 19.8 Å². The molecule has 0 spiro atoms. The number of amides is 1. The Labute approximate surface area is 184 Å². The van der Waals surface area contributed by atoms with E-state index < -0.39 is 0 Å². The Morgan fingerprint density at radius 1 is 1.07 bits per heavy atom. The third-order valence-electron chi connectivity index (χ3n) is 4.19.